The average molecular weight is 226 g/mol. The van der Waals surface area contributed by atoms with Crippen LogP contribution in [-0.4, -0.2) is 6.54 Å². The van der Waals surface area contributed by atoms with E-state index < -0.39 is 0 Å². The van der Waals surface area contributed by atoms with Gasteiger partial charge in [0.2, 0.25) is 0 Å². The van der Waals surface area contributed by atoms with Crippen LogP contribution in [0.3, 0.4) is 0 Å². The summed E-state index contributed by atoms with van der Waals surface area (Å²) in [5.41, 5.74) is 2.96. The molecule has 0 aliphatic carbocycles. The Labute approximate surface area is 81.3 Å². The molecule has 0 atom stereocenters. The molecule has 1 N–H and O–H groups in total. The predicted molar refractivity (Wildman–Crippen MR) is 55.7 cm³/mol. The van der Waals surface area contributed by atoms with Crippen LogP contribution in [0.4, 0.5) is 5.69 Å². The molecular weight excluding hydrogens is 214 g/mol. The van der Waals surface area contributed by atoms with E-state index in [-0.39, 0.29) is 5.41 Å². The van der Waals surface area contributed by atoms with Gasteiger partial charge in [-0.3, -0.25) is 0 Å². The van der Waals surface area contributed by atoms with Gasteiger partial charge in [-0.25, -0.2) is 0 Å². The van der Waals surface area contributed by atoms with E-state index in [0.29, 0.717) is 0 Å². The zero-order chi connectivity index (χ0) is 8.77. The molecule has 0 bridgehead atoms. The number of nitrogens with one attached hydrogen (secondary N) is 1. The summed E-state index contributed by atoms with van der Waals surface area (Å²) in [4.78, 5) is 0. The minimum Gasteiger partial charge on any atom is -0.383 e. The number of benzene rings is 1. The molecule has 0 saturated heterocycles. The van der Waals surface area contributed by atoms with Crippen LogP contribution in [0.2, 0.25) is 0 Å². The van der Waals surface area contributed by atoms with Gasteiger partial charge in [0.05, 0.1) is 5.69 Å². The van der Waals surface area contributed by atoms with Crippen molar-refractivity contribution >= 4 is 21.6 Å². The van der Waals surface area contributed by atoms with Gasteiger partial charge in [0.15, 0.2) is 0 Å². The van der Waals surface area contributed by atoms with Crippen molar-refractivity contribution < 1.29 is 0 Å². The van der Waals surface area contributed by atoms with Crippen LogP contribution < -0.4 is 5.32 Å². The fourth-order valence-corrected chi connectivity index (χ4v) is 2.18. The molecule has 2 heteroatoms. The molecule has 12 heavy (non-hydrogen) atoms. The highest BCUT2D eigenvalue weighted by Crippen LogP contribution is 2.40. The van der Waals surface area contributed by atoms with Crippen molar-refractivity contribution in [3.63, 3.8) is 0 Å². The average Bonchev–Trinajstić information content (AvgIpc) is 2.30. The summed E-state index contributed by atoms with van der Waals surface area (Å²) < 4.78 is 1.17. The van der Waals surface area contributed by atoms with Gasteiger partial charge in [0.1, 0.15) is 0 Å². The molecule has 0 spiro atoms. The van der Waals surface area contributed by atoms with Gasteiger partial charge in [-0.15, -0.1) is 0 Å². The van der Waals surface area contributed by atoms with Gasteiger partial charge >= 0.3 is 0 Å². The lowest BCUT2D eigenvalue weighted by Crippen LogP contribution is -2.18. The lowest BCUT2D eigenvalue weighted by Gasteiger charge is -2.16. The van der Waals surface area contributed by atoms with Crippen molar-refractivity contribution in [3.8, 4) is 0 Å². The van der Waals surface area contributed by atoms with Crippen molar-refractivity contribution in [2.24, 2.45) is 0 Å². The summed E-state index contributed by atoms with van der Waals surface area (Å²) in [5.74, 6) is 0. The Bertz CT molecular complexity index is 318. The van der Waals surface area contributed by atoms with Gasteiger partial charge in [0.25, 0.3) is 0 Å². The van der Waals surface area contributed by atoms with Crippen molar-refractivity contribution in [1.29, 1.82) is 0 Å². The Balaban J connectivity index is 2.61. The predicted octanol–water partition coefficient (Wildman–Crippen LogP) is 3.15. The second-order valence-corrected chi connectivity index (χ2v) is 4.75. The van der Waals surface area contributed by atoms with Crippen LogP contribution in [0.25, 0.3) is 0 Å². The van der Waals surface area contributed by atoms with E-state index in [4.69, 9.17) is 0 Å². The van der Waals surface area contributed by atoms with Gasteiger partial charge in [-0.2, -0.15) is 0 Å². The Kier molecular flexibility index (Phi) is 1.69. The highest BCUT2D eigenvalue weighted by Gasteiger charge is 2.30. The lowest BCUT2D eigenvalue weighted by atomic mass is 9.87. The SMILES string of the molecule is CC1(C)CNc2c(Br)cccc21. The normalized spacial score (nSPS) is 18.6. The number of hydrogen-bond acceptors (Lipinski definition) is 1. The highest BCUT2D eigenvalue weighted by molar-refractivity contribution is 9.10. The third-order valence-corrected chi connectivity index (χ3v) is 3.11. The van der Waals surface area contributed by atoms with Crippen molar-refractivity contribution in [3.05, 3.63) is 28.2 Å². The van der Waals surface area contributed by atoms with Gasteiger partial charge in [-0.1, -0.05) is 26.0 Å². The Morgan fingerprint density at radius 2 is 2.17 bits per heavy atom. The molecular formula is C10H12BrN. The third-order valence-electron chi connectivity index (χ3n) is 2.45. The molecule has 0 aromatic heterocycles. The molecule has 1 heterocycles. The molecule has 1 nitrogen and oxygen atoms in total. The standard InChI is InChI=1S/C10H12BrN/c1-10(2)6-12-9-7(10)4-3-5-8(9)11/h3-5,12H,6H2,1-2H3. The van der Waals surface area contributed by atoms with E-state index >= 15 is 0 Å². The summed E-state index contributed by atoms with van der Waals surface area (Å²) in [5, 5.41) is 3.41. The van der Waals surface area contributed by atoms with Gasteiger partial charge < -0.3 is 5.32 Å². The third kappa shape index (κ3) is 1.06. The van der Waals surface area contributed by atoms with E-state index in [9.17, 15) is 0 Å². The Hall–Kier alpha value is -0.500. The molecule has 0 saturated carbocycles. The van der Waals surface area contributed by atoms with Crippen LogP contribution in [0.1, 0.15) is 19.4 Å². The highest BCUT2D eigenvalue weighted by atomic mass is 79.9. The first-order valence-corrected chi connectivity index (χ1v) is 4.93. The first-order valence-electron chi connectivity index (χ1n) is 4.14. The summed E-state index contributed by atoms with van der Waals surface area (Å²) in [6.45, 7) is 5.56. The monoisotopic (exact) mass is 225 g/mol. The first kappa shape index (κ1) is 8.11. The van der Waals surface area contributed by atoms with Crippen molar-refractivity contribution in [2.45, 2.75) is 19.3 Å². The zero-order valence-electron chi connectivity index (χ0n) is 7.32. The minimum atomic E-state index is 0.277. The quantitative estimate of drug-likeness (QED) is 0.716. The number of hydrogen-bond donors (Lipinski definition) is 1. The van der Waals surface area contributed by atoms with Crippen LogP contribution >= 0.6 is 15.9 Å². The van der Waals surface area contributed by atoms with Crippen molar-refractivity contribution in [1.82, 2.24) is 0 Å². The lowest BCUT2D eigenvalue weighted by molar-refractivity contribution is 0.586. The largest absolute Gasteiger partial charge is 0.383 e. The number of anilines is 1. The molecule has 0 fully saturated rings. The van der Waals surface area contributed by atoms with Gasteiger partial charge in [0, 0.05) is 16.4 Å². The fraction of sp³-hybridized carbons (Fsp3) is 0.400. The summed E-state index contributed by atoms with van der Waals surface area (Å²) in [6.07, 6.45) is 0. The molecule has 1 aromatic carbocycles. The van der Waals surface area contributed by atoms with Crippen LogP contribution in [0.15, 0.2) is 22.7 Å². The molecule has 1 aromatic rings. The smallest absolute Gasteiger partial charge is 0.0523 e. The molecule has 0 unspecified atom stereocenters. The molecule has 0 amide bonds. The maximum absolute atomic E-state index is 3.54. The zero-order valence-corrected chi connectivity index (χ0v) is 8.90. The van der Waals surface area contributed by atoms with E-state index in [2.05, 4.69) is 53.3 Å². The van der Waals surface area contributed by atoms with E-state index in [1.165, 1.54) is 15.7 Å². The number of fused-ring (bicyclic) bond motifs is 1. The Morgan fingerprint density at radius 3 is 2.83 bits per heavy atom. The van der Waals surface area contributed by atoms with Crippen LogP contribution in [0, 0.1) is 0 Å². The van der Waals surface area contributed by atoms with Gasteiger partial charge in [-0.05, 0) is 27.6 Å². The topological polar surface area (TPSA) is 12.0 Å². The summed E-state index contributed by atoms with van der Waals surface area (Å²) >= 11 is 3.54. The fourth-order valence-electron chi connectivity index (χ4n) is 1.67. The van der Waals surface area contributed by atoms with Crippen LogP contribution in [0.5, 0.6) is 0 Å². The second-order valence-electron chi connectivity index (χ2n) is 3.90. The number of halogens is 1. The number of rotatable bonds is 0. The first-order chi connectivity index (χ1) is 5.61. The van der Waals surface area contributed by atoms with E-state index in [0.717, 1.165) is 6.54 Å². The molecule has 0 radical (unpaired) electrons. The molecule has 1 aliphatic heterocycles. The second kappa shape index (κ2) is 2.49. The van der Waals surface area contributed by atoms with E-state index in [1.54, 1.807) is 0 Å². The van der Waals surface area contributed by atoms with E-state index in [1.807, 2.05) is 0 Å². The maximum atomic E-state index is 3.54. The molecule has 1 aliphatic rings. The Morgan fingerprint density at radius 1 is 1.42 bits per heavy atom. The minimum absolute atomic E-state index is 0.277. The maximum Gasteiger partial charge on any atom is 0.0523 e. The molecule has 2 rings (SSSR count). The summed E-state index contributed by atoms with van der Waals surface area (Å²) in [7, 11) is 0. The number of para-hydroxylation sites is 1. The van der Waals surface area contributed by atoms with Crippen molar-refractivity contribution in [2.75, 3.05) is 11.9 Å². The summed E-state index contributed by atoms with van der Waals surface area (Å²) in [6, 6.07) is 6.37. The van der Waals surface area contributed by atoms with Crippen LogP contribution in [-0.2, 0) is 5.41 Å². The molecule has 64 valence electrons.